The Morgan fingerprint density at radius 2 is 1.12 bits per heavy atom. The van der Waals surface area contributed by atoms with Gasteiger partial charge in [-0.05, 0) is 13.5 Å². The Labute approximate surface area is 155 Å². The van der Waals surface area contributed by atoms with Crippen molar-refractivity contribution in [3.05, 3.63) is 0 Å². The van der Waals surface area contributed by atoms with Gasteiger partial charge in [0.25, 0.3) is 0 Å². The van der Waals surface area contributed by atoms with E-state index in [1.165, 1.54) is 77.0 Å². The summed E-state index contributed by atoms with van der Waals surface area (Å²) in [4.78, 5) is 9.43. The van der Waals surface area contributed by atoms with Crippen LogP contribution in [0.15, 0.2) is 0 Å². The van der Waals surface area contributed by atoms with Gasteiger partial charge in [-0.15, -0.1) is 0 Å². The second-order valence-corrected chi connectivity index (χ2v) is 8.29. The van der Waals surface area contributed by atoms with Crippen molar-refractivity contribution in [2.24, 2.45) is 0 Å². The minimum Gasteiger partial charge on any atom is -0.317 e. The largest absolute Gasteiger partial charge is 0.472 e. The SMILES string of the molecule is CCCCCCCCCCCCCCCCOP(=O)(O)OCCNC. The summed E-state index contributed by atoms with van der Waals surface area (Å²) in [5.41, 5.74) is 0. The number of hydrogen-bond donors (Lipinski definition) is 2. The number of likely N-dealkylation sites (N-methyl/N-ethyl adjacent to an activating group) is 1. The molecule has 0 aliphatic heterocycles. The third-order valence-corrected chi connectivity index (χ3v) is 5.38. The molecule has 0 heterocycles. The second-order valence-electron chi connectivity index (χ2n) is 6.83. The van der Waals surface area contributed by atoms with Gasteiger partial charge in [0.05, 0.1) is 13.2 Å². The van der Waals surface area contributed by atoms with E-state index in [4.69, 9.17) is 9.05 Å². The van der Waals surface area contributed by atoms with E-state index in [0.717, 1.165) is 12.8 Å². The Kier molecular flexibility index (Phi) is 18.9. The van der Waals surface area contributed by atoms with Crippen molar-refractivity contribution in [2.75, 3.05) is 26.8 Å². The Morgan fingerprint density at radius 3 is 1.56 bits per heavy atom. The van der Waals surface area contributed by atoms with Gasteiger partial charge in [-0.1, -0.05) is 90.4 Å². The molecule has 0 amide bonds. The minimum atomic E-state index is -3.85. The summed E-state index contributed by atoms with van der Waals surface area (Å²) in [6.45, 7) is 3.28. The molecule has 2 N–H and O–H groups in total. The van der Waals surface area contributed by atoms with Crippen LogP contribution in [-0.2, 0) is 13.6 Å². The highest BCUT2D eigenvalue weighted by Gasteiger charge is 2.19. The maximum Gasteiger partial charge on any atom is 0.472 e. The molecule has 0 spiro atoms. The standard InChI is InChI=1S/C19H42NO4P/c1-3-4-5-6-7-8-9-10-11-12-13-14-15-16-18-23-25(21,22)24-19-17-20-2/h20H,3-19H2,1-2H3,(H,21,22). The quantitative estimate of drug-likeness (QED) is 0.206. The normalized spacial score (nSPS) is 13.9. The van der Waals surface area contributed by atoms with Crippen molar-refractivity contribution in [3.63, 3.8) is 0 Å². The monoisotopic (exact) mass is 379 g/mol. The number of rotatable bonds is 20. The molecule has 0 fully saturated rings. The van der Waals surface area contributed by atoms with Gasteiger partial charge in [0.2, 0.25) is 0 Å². The van der Waals surface area contributed by atoms with Crippen LogP contribution >= 0.6 is 7.82 Å². The maximum atomic E-state index is 11.5. The highest BCUT2D eigenvalue weighted by molar-refractivity contribution is 7.47. The summed E-state index contributed by atoms with van der Waals surface area (Å²) in [5.74, 6) is 0. The first kappa shape index (κ1) is 25.1. The van der Waals surface area contributed by atoms with Crippen LogP contribution in [-0.4, -0.2) is 31.7 Å². The molecule has 5 nitrogen and oxygen atoms in total. The van der Waals surface area contributed by atoms with Gasteiger partial charge in [-0.3, -0.25) is 9.05 Å². The van der Waals surface area contributed by atoms with Gasteiger partial charge in [0.1, 0.15) is 0 Å². The molecule has 0 bridgehead atoms. The van der Waals surface area contributed by atoms with Crippen molar-refractivity contribution >= 4 is 7.82 Å². The van der Waals surface area contributed by atoms with Crippen LogP contribution in [0.4, 0.5) is 0 Å². The summed E-state index contributed by atoms with van der Waals surface area (Å²) in [6.07, 6.45) is 18.1. The molecule has 6 heteroatoms. The average molecular weight is 380 g/mol. The zero-order valence-corrected chi connectivity index (χ0v) is 17.5. The van der Waals surface area contributed by atoms with E-state index in [0.29, 0.717) is 13.2 Å². The third kappa shape index (κ3) is 20.2. The zero-order chi connectivity index (χ0) is 18.6. The Morgan fingerprint density at radius 1 is 0.720 bits per heavy atom. The van der Waals surface area contributed by atoms with E-state index < -0.39 is 7.82 Å². The number of unbranched alkanes of at least 4 members (excludes halogenated alkanes) is 13. The molecule has 0 aliphatic carbocycles. The number of nitrogens with one attached hydrogen (secondary N) is 1. The van der Waals surface area contributed by atoms with Crippen molar-refractivity contribution in [1.82, 2.24) is 5.32 Å². The molecular weight excluding hydrogens is 337 g/mol. The molecule has 152 valence electrons. The zero-order valence-electron chi connectivity index (χ0n) is 16.6. The molecule has 0 saturated heterocycles. The van der Waals surface area contributed by atoms with E-state index >= 15 is 0 Å². The van der Waals surface area contributed by atoms with Crippen molar-refractivity contribution < 1.29 is 18.5 Å². The van der Waals surface area contributed by atoms with E-state index in [1.807, 2.05) is 0 Å². The fourth-order valence-corrected chi connectivity index (χ4v) is 3.53. The Balaban J connectivity index is 3.19. The first-order valence-corrected chi connectivity index (χ1v) is 11.9. The number of phosphoric acid groups is 1. The lowest BCUT2D eigenvalue weighted by molar-refractivity contribution is 0.148. The summed E-state index contributed by atoms with van der Waals surface area (Å²) in [5, 5.41) is 2.85. The van der Waals surface area contributed by atoms with E-state index in [-0.39, 0.29) is 6.61 Å². The van der Waals surface area contributed by atoms with Crippen LogP contribution in [0.3, 0.4) is 0 Å². The van der Waals surface area contributed by atoms with E-state index in [2.05, 4.69) is 12.2 Å². The van der Waals surface area contributed by atoms with Gasteiger partial charge in [-0.2, -0.15) is 0 Å². The highest BCUT2D eigenvalue weighted by Crippen LogP contribution is 2.42. The summed E-state index contributed by atoms with van der Waals surface area (Å²) in [6, 6.07) is 0. The topological polar surface area (TPSA) is 67.8 Å². The highest BCUT2D eigenvalue weighted by atomic mass is 31.2. The molecule has 25 heavy (non-hydrogen) atoms. The molecule has 0 aliphatic rings. The molecule has 1 unspecified atom stereocenters. The minimum absolute atomic E-state index is 0.184. The molecule has 1 atom stereocenters. The predicted octanol–water partition coefficient (Wildman–Crippen LogP) is 5.82. The van der Waals surface area contributed by atoms with Crippen LogP contribution in [0, 0.1) is 0 Å². The third-order valence-electron chi connectivity index (χ3n) is 4.36. The molecule has 0 saturated carbocycles. The van der Waals surface area contributed by atoms with Crippen molar-refractivity contribution in [2.45, 2.75) is 96.8 Å². The summed E-state index contributed by atoms with van der Waals surface area (Å²) in [7, 11) is -2.08. The molecule has 0 aromatic rings. The fraction of sp³-hybridized carbons (Fsp3) is 1.00. The van der Waals surface area contributed by atoms with Gasteiger partial charge in [0.15, 0.2) is 0 Å². The molecular formula is C19H42NO4P. The van der Waals surface area contributed by atoms with Gasteiger partial charge >= 0.3 is 7.82 Å². The average Bonchev–Trinajstić information content (AvgIpc) is 2.58. The fourth-order valence-electron chi connectivity index (χ4n) is 2.78. The van der Waals surface area contributed by atoms with Gasteiger partial charge < -0.3 is 10.2 Å². The van der Waals surface area contributed by atoms with Crippen LogP contribution < -0.4 is 5.32 Å². The Bertz CT molecular complexity index is 316. The van der Waals surface area contributed by atoms with Gasteiger partial charge in [0, 0.05) is 6.54 Å². The van der Waals surface area contributed by atoms with Crippen LogP contribution in [0.25, 0.3) is 0 Å². The Hall–Kier alpha value is 0.0700. The first-order chi connectivity index (χ1) is 12.1. The van der Waals surface area contributed by atoms with Crippen LogP contribution in [0.1, 0.15) is 96.8 Å². The molecule has 0 rings (SSSR count). The van der Waals surface area contributed by atoms with E-state index in [1.54, 1.807) is 7.05 Å². The predicted molar refractivity (Wildman–Crippen MR) is 106 cm³/mol. The summed E-state index contributed by atoms with van der Waals surface area (Å²) >= 11 is 0. The number of phosphoric ester groups is 1. The van der Waals surface area contributed by atoms with Crippen molar-refractivity contribution in [3.8, 4) is 0 Å². The first-order valence-electron chi connectivity index (χ1n) is 10.4. The second kappa shape index (κ2) is 18.8. The van der Waals surface area contributed by atoms with E-state index in [9.17, 15) is 9.46 Å². The smallest absolute Gasteiger partial charge is 0.317 e. The molecule has 0 radical (unpaired) electrons. The van der Waals surface area contributed by atoms with Crippen molar-refractivity contribution in [1.29, 1.82) is 0 Å². The van der Waals surface area contributed by atoms with Gasteiger partial charge in [-0.25, -0.2) is 4.57 Å². The lowest BCUT2D eigenvalue weighted by atomic mass is 10.0. The lowest BCUT2D eigenvalue weighted by Gasteiger charge is -2.11. The summed E-state index contributed by atoms with van der Waals surface area (Å²) < 4.78 is 21.3. The number of hydrogen-bond acceptors (Lipinski definition) is 4. The molecule has 0 aromatic heterocycles. The lowest BCUT2D eigenvalue weighted by Crippen LogP contribution is -2.13. The van der Waals surface area contributed by atoms with Crippen LogP contribution in [0.5, 0.6) is 0 Å². The molecule has 0 aromatic carbocycles. The van der Waals surface area contributed by atoms with Crippen LogP contribution in [0.2, 0.25) is 0 Å². The maximum absolute atomic E-state index is 11.5.